The summed E-state index contributed by atoms with van der Waals surface area (Å²) in [6, 6.07) is 7.58. The second-order valence-electron chi connectivity index (χ2n) is 6.54. The highest BCUT2D eigenvalue weighted by molar-refractivity contribution is 5.92. The summed E-state index contributed by atoms with van der Waals surface area (Å²) < 4.78 is 10.8. The fourth-order valence-electron chi connectivity index (χ4n) is 3.38. The zero-order valence-corrected chi connectivity index (χ0v) is 13.6. The molecule has 126 valence electrons. The van der Waals surface area contributed by atoms with Gasteiger partial charge in [-0.15, -0.1) is 0 Å². The lowest BCUT2D eigenvalue weighted by molar-refractivity contribution is 0.0722. The number of carbonyl (C=O) groups is 1. The minimum Gasteiger partial charge on any atom is -0.493 e. The molecule has 2 unspecified atom stereocenters. The molecule has 0 aliphatic carbocycles. The van der Waals surface area contributed by atoms with Crippen LogP contribution in [0.3, 0.4) is 0 Å². The monoisotopic (exact) mass is 328 g/mol. The second-order valence-corrected chi connectivity index (χ2v) is 6.54. The molecule has 4 rings (SSSR count). The number of hydrogen-bond donors (Lipinski definition) is 1. The molecule has 1 aromatic carbocycles. The quantitative estimate of drug-likeness (QED) is 0.934. The third kappa shape index (κ3) is 2.67. The minimum atomic E-state index is -0.401. The molecule has 24 heavy (non-hydrogen) atoms. The molecule has 0 saturated carbocycles. The smallest absolute Gasteiger partial charge is 0.292 e. The van der Waals surface area contributed by atoms with Gasteiger partial charge in [0, 0.05) is 37.1 Å². The molecule has 6 nitrogen and oxygen atoms in total. The van der Waals surface area contributed by atoms with E-state index in [-0.39, 0.29) is 17.6 Å². The number of likely N-dealkylation sites (tertiary alicyclic amines) is 1. The standard InChI is InChI=1S/C18H20N2O4/c1-11(21)14-4-6-20(10-14)18(22)17-9-15(19-24-17)12-2-3-16-13(8-12)5-7-23-16/h2-3,8-9,11,14,21H,4-7,10H2,1H3. The summed E-state index contributed by atoms with van der Waals surface area (Å²) in [6.07, 6.45) is 1.30. The summed E-state index contributed by atoms with van der Waals surface area (Å²) in [5.41, 5.74) is 2.73. The third-order valence-corrected chi connectivity index (χ3v) is 4.90. The Morgan fingerprint density at radius 3 is 3.08 bits per heavy atom. The van der Waals surface area contributed by atoms with Gasteiger partial charge >= 0.3 is 0 Å². The van der Waals surface area contributed by atoms with Gasteiger partial charge in [-0.05, 0) is 37.1 Å². The number of aromatic nitrogens is 1. The van der Waals surface area contributed by atoms with E-state index in [4.69, 9.17) is 9.26 Å². The van der Waals surface area contributed by atoms with Crippen LogP contribution in [0.15, 0.2) is 28.8 Å². The van der Waals surface area contributed by atoms with Crippen molar-refractivity contribution >= 4 is 5.91 Å². The van der Waals surface area contributed by atoms with Crippen LogP contribution in [-0.4, -0.2) is 46.9 Å². The van der Waals surface area contributed by atoms with E-state index in [0.29, 0.717) is 25.4 Å². The lowest BCUT2D eigenvalue weighted by Crippen LogP contribution is -2.30. The van der Waals surface area contributed by atoms with Crippen molar-refractivity contribution in [3.8, 4) is 17.0 Å². The number of ether oxygens (including phenoxy) is 1. The molecule has 0 spiro atoms. The van der Waals surface area contributed by atoms with E-state index in [0.717, 1.165) is 29.7 Å². The Morgan fingerprint density at radius 1 is 1.42 bits per heavy atom. The van der Waals surface area contributed by atoms with E-state index in [2.05, 4.69) is 5.16 Å². The van der Waals surface area contributed by atoms with Gasteiger partial charge in [0.1, 0.15) is 11.4 Å². The molecular weight excluding hydrogens is 308 g/mol. The van der Waals surface area contributed by atoms with Gasteiger partial charge in [0.2, 0.25) is 5.76 Å². The highest BCUT2D eigenvalue weighted by Crippen LogP contribution is 2.30. The zero-order chi connectivity index (χ0) is 16.7. The molecule has 2 aromatic rings. The van der Waals surface area contributed by atoms with Crippen molar-refractivity contribution < 1.29 is 19.2 Å². The van der Waals surface area contributed by atoms with Crippen LogP contribution in [0.5, 0.6) is 5.75 Å². The van der Waals surface area contributed by atoms with Crippen LogP contribution in [0.4, 0.5) is 0 Å². The van der Waals surface area contributed by atoms with Crippen LogP contribution in [0.25, 0.3) is 11.3 Å². The van der Waals surface area contributed by atoms with Gasteiger partial charge in [-0.3, -0.25) is 4.79 Å². The van der Waals surface area contributed by atoms with E-state index in [9.17, 15) is 9.90 Å². The molecule has 1 saturated heterocycles. The van der Waals surface area contributed by atoms with Gasteiger partial charge in [-0.1, -0.05) is 5.16 Å². The number of aliphatic hydroxyl groups excluding tert-OH is 1. The molecule has 6 heteroatoms. The van der Waals surface area contributed by atoms with Gasteiger partial charge in [0.15, 0.2) is 0 Å². The molecule has 2 aliphatic rings. The average Bonchev–Trinajstić information content (AvgIpc) is 3.31. The molecule has 3 heterocycles. The maximum atomic E-state index is 12.5. The molecule has 1 amide bonds. The van der Waals surface area contributed by atoms with Crippen molar-refractivity contribution in [3.05, 3.63) is 35.6 Å². The summed E-state index contributed by atoms with van der Waals surface area (Å²) in [7, 11) is 0. The number of benzene rings is 1. The van der Waals surface area contributed by atoms with Crippen LogP contribution in [0.1, 0.15) is 29.5 Å². The highest BCUT2D eigenvalue weighted by Gasteiger charge is 2.31. The molecule has 0 radical (unpaired) electrons. The first-order valence-corrected chi connectivity index (χ1v) is 8.32. The third-order valence-electron chi connectivity index (χ3n) is 4.90. The molecular formula is C18H20N2O4. The summed E-state index contributed by atoms with van der Waals surface area (Å²) in [6.45, 7) is 3.67. The lowest BCUT2D eigenvalue weighted by atomic mass is 10.0. The van der Waals surface area contributed by atoms with E-state index in [1.807, 2.05) is 18.2 Å². The number of rotatable bonds is 3. The Balaban J connectivity index is 1.52. The number of nitrogens with zero attached hydrogens (tertiary/aromatic N) is 2. The average molecular weight is 328 g/mol. The molecule has 1 aromatic heterocycles. The first-order valence-electron chi connectivity index (χ1n) is 8.32. The zero-order valence-electron chi connectivity index (χ0n) is 13.6. The van der Waals surface area contributed by atoms with Gasteiger partial charge in [0.25, 0.3) is 5.91 Å². The van der Waals surface area contributed by atoms with E-state index >= 15 is 0 Å². The first-order chi connectivity index (χ1) is 11.6. The SMILES string of the molecule is CC(O)C1CCN(C(=O)c2cc(-c3ccc4c(c3)CCO4)no2)C1. The van der Waals surface area contributed by atoms with Gasteiger partial charge in [-0.2, -0.15) is 0 Å². The van der Waals surface area contributed by atoms with Gasteiger partial charge in [0.05, 0.1) is 12.7 Å². The van der Waals surface area contributed by atoms with Gasteiger partial charge in [-0.25, -0.2) is 0 Å². The fourth-order valence-corrected chi connectivity index (χ4v) is 3.38. The Hall–Kier alpha value is -2.34. The molecule has 1 fully saturated rings. The van der Waals surface area contributed by atoms with Crippen LogP contribution in [0.2, 0.25) is 0 Å². The van der Waals surface area contributed by atoms with Crippen molar-refractivity contribution in [3.63, 3.8) is 0 Å². The van der Waals surface area contributed by atoms with Crippen LogP contribution >= 0.6 is 0 Å². The van der Waals surface area contributed by atoms with Gasteiger partial charge < -0.3 is 19.3 Å². The maximum Gasteiger partial charge on any atom is 0.292 e. The number of fused-ring (bicyclic) bond motifs is 1. The lowest BCUT2D eigenvalue weighted by Gasteiger charge is -2.15. The van der Waals surface area contributed by atoms with Crippen molar-refractivity contribution in [1.29, 1.82) is 0 Å². The Kier molecular flexibility index (Phi) is 3.76. The summed E-state index contributed by atoms with van der Waals surface area (Å²) >= 11 is 0. The Morgan fingerprint density at radius 2 is 2.29 bits per heavy atom. The highest BCUT2D eigenvalue weighted by atomic mass is 16.5. The Labute approximate surface area is 140 Å². The molecule has 0 bridgehead atoms. The van der Waals surface area contributed by atoms with E-state index in [1.165, 1.54) is 0 Å². The number of amides is 1. The normalized spacial score (nSPS) is 20.8. The minimum absolute atomic E-state index is 0.132. The van der Waals surface area contributed by atoms with Crippen molar-refractivity contribution in [1.82, 2.24) is 10.1 Å². The topological polar surface area (TPSA) is 75.8 Å². The van der Waals surface area contributed by atoms with E-state index < -0.39 is 6.10 Å². The summed E-state index contributed by atoms with van der Waals surface area (Å²) in [4.78, 5) is 14.3. The fraction of sp³-hybridized carbons (Fsp3) is 0.444. The molecule has 2 aliphatic heterocycles. The predicted octanol–water partition coefficient (Wildman–Crippen LogP) is 2.12. The summed E-state index contributed by atoms with van der Waals surface area (Å²) in [5, 5.41) is 13.7. The van der Waals surface area contributed by atoms with Crippen LogP contribution in [-0.2, 0) is 6.42 Å². The Bertz CT molecular complexity index is 768. The number of hydrogen-bond acceptors (Lipinski definition) is 5. The molecule has 1 N–H and O–H groups in total. The van der Waals surface area contributed by atoms with Crippen LogP contribution in [0, 0.1) is 5.92 Å². The first kappa shape index (κ1) is 15.2. The number of aliphatic hydroxyl groups is 1. The van der Waals surface area contributed by atoms with Crippen LogP contribution < -0.4 is 4.74 Å². The van der Waals surface area contributed by atoms with Crippen molar-refractivity contribution in [2.75, 3.05) is 19.7 Å². The maximum absolute atomic E-state index is 12.5. The molecule has 2 atom stereocenters. The van der Waals surface area contributed by atoms with Crippen molar-refractivity contribution in [2.45, 2.75) is 25.9 Å². The van der Waals surface area contributed by atoms with Crippen molar-refractivity contribution in [2.24, 2.45) is 5.92 Å². The largest absolute Gasteiger partial charge is 0.493 e. The summed E-state index contributed by atoms with van der Waals surface area (Å²) in [5.74, 6) is 1.13. The second kappa shape index (κ2) is 5.94. The van der Waals surface area contributed by atoms with E-state index in [1.54, 1.807) is 17.9 Å². The predicted molar refractivity (Wildman–Crippen MR) is 86.8 cm³/mol. The number of carbonyl (C=O) groups excluding carboxylic acids is 1.